The first-order chi connectivity index (χ1) is 11.6. The van der Waals surface area contributed by atoms with Gasteiger partial charge in [0, 0.05) is 6.54 Å². The van der Waals surface area contributed by atoms with Crippen molar-refractivity contribution in [2.45, 2.75) is 57.0 Å². The maximum Gasteiger partial charge on any atom is 0.200 e. The summed E-state index contributed by atoms with van der Waals surface area (Å²) >= 11 is 0. The van der Waals surface area contributed by atoms with Crippen molar-refractivity contribution in [2.75, 3.05) is 5.32 Å². The first-order valence-electron chi connectivity index (χ1n) is 8.30. The molecule has 1 heterocycles. The van der Waals surface area contributed by atoms with Crippen molar-refractivity contribution in [1.29, 1.82) is 0 Å². The van der Waals surface area contributed by atoms with Crippen molar-refractivity contribution >= 4 is 15.5 Å². The summed E-state index contributed by atoms with van der Waals surface area (Å²) in [5.41, 5.74) is 1.87. The second kappa shape index (κ2) is 7.44. The van der Waals surface area contributed by atoms with Gasteiger partial charge < -0.3 is 10.1 Å². The van der Waals surface area contributed by atoms with E-state index in [1.54, 1.807) is 39.1 Å². The Morgan fingerprint density at radius 3 is 2.20 bits per heavy atom. The van der Waals surface area contributed by atoms with Gasteiger partial charge in [-0.2, -0.15) is 0 Å². The Bertz CT molecular complexity index is 790. The monoisotopic (exact) mass is 362 g/mol. The molecule has 5 nitrogen and oxygen atoms in total. The summed E-state index contributed by atoms with van der Waals surface area (Å²) in [5.74, 6) is 0.845. The molecule has 0 aliphatic carbocycles. The molecule has 6 heteroatoms. The van der Waals surface area contributed by atoms with E-state index in [1.807, 2.05) is 38.1 Å². The number of benzene rings is 1. The van der Waals surface area contributed by atoms with E-state index in [0.717, 1.165) is 17.0 Å². The normalized spacial score (nSPS) is 12.2. The average molecular weight is 362 g/mol. The van der Waals surface area contributed by atoms with Gasteiger partial charge in [-0.1, -0.05) is 12.1 Å². The molecule has 0 aliphatic rings. The molecular formula is C19H26N2O3S. The lowest BCUT2D eigenvalue weighted by Crippen LogP contribution is -2.28. The highest BCUT2D eigenvalue weighted by atomic mass is 32.2. The minimum Gasteiger partial charge on any atom is -0.491 e. The summed E-state index contributed by atoms with van der Waals surface area (Å²) in [6.07, 6.45) is 1.70. The topological polar surface area (TPSA) is 68.3 Å². The quantitative estimate of drug-likeness (QED) is 0.839. The van der Waals surface area contributed by atoms with Crippen LogP contribution < -0.4 is 10.1 Å². The van der Waals surface area contributed by atoms with Gasteiger partial charge in [-0.25, -0.2) is 13.4 Å². The molecule has 0 aliphatic heterocycles. The third-order valence-corrected chi connectivity index (χ3v) is 6.01. The number of nitrogens with one attached hydrogen (secondary N) is 1. The molecule has 2 rings (SSSR count). The summed E-state index contributed by atoms with van der Waals surface area (Å²) in [6.45, 7) is 9.61. The summed E-state index contributed by atoms with van der Waals surface area (Å²) in [4.78, 5) is 4.11. The maximum atomic E-state index is 12.4. The van der Waals surface area contributed by atoms with Crippen molar-refractivity contribution in [1.82, 2.24) is 4.98 Å². The van der Waals surface area contributed by atoms with E-state index in [-0.39, 0.29) is 11.1 Å². The third-order valence-electron chi connectivity index (χ3n) is 3.61. The first-order valence-corrected chi connectivity index (χ1v) is 9.78. The predicted molar refractivity (Wildman–Crippen MR) is 101 cm³/mol. The number of aromatic nitrogens is 1. The van der Waals surface area contributed by atoms with Gasteiger partial charge in [0.1, 0.15) is 5.75 Å². The van der Waals surface area contributed by atoms with E-state index in [0.29, 0.717) is 6.54 Å². The van der Waals surface area contributed by atoms with Crippen molar-refractivity contribution in [3.05, 3.63) is 48.2 Å². The lowest BCUT2D eigenvalue weighted by Gasteiger charge is -2.18. The Morgan fingerprint density at radius 1 is 1.08 bits per heavy atom. The molecule has 0 fully saturated rings. The summed E-state index contributed by atoms with van der Waals surface area (Å²) < 4.78 is 29.5. The molecule has 1 aromatic carbocycles. The smallest absolute Gasteiger partial charge is 0.200 e. The predicted octanol–water partition coefficient (Wildman–Crippen LogP) is 4.05. The molecule has 1 aromatic heterocycles. The highest BCUT2D eigenvalue weighted by molar-refractivity contribution is 7.92. The van der Waals surface area contributed by atoms with Crippen LogP contribution in [-0.4, -0.2) is 24.3 Å². The Balaban J connectivity index is 2.00. The van der Waals surface area contributed by atoms with Crippen LogP contribution in [-0.2, 0) is 16.4 Å². The Labute approximate surface area is 150 Å². The number of nitrogens with zero attached hydrogens (tertiary/aromatic N) is 1. The van der Waals surface area contributed by atoms with Crippen LogP contribution in [0.4, 0.5) is 5.69 Å². The van der Waals surface area contributed by atoms with E-state index in [2.05, 4.69) is 10.3 Å². The van der Waals surface area contributed by atoms with Gasteiger partial charge in [-0.05, 0) is 64.4 Å². The molecule has 25 heavy (non-hydrogen) atoms. The Morgan fingerprint density at radius 2 is 1.72 bits per heavy atom. The molecule has 0 saturated carbocycles. The zero-order chi connectivity index (χ0) is 18.7. The van der Waals surface area contributed by atoms with Crippen LogP contribution in [0, 0.1) is 0 Å². The number of sulfone groups is 1. The molecule has 0 amide bonds. The van der Waals surface area contributed by atoms with Crippen LogP contribution >= 0.6 is 0 Å². The van der Waals surface area contributed by atoms with Gasteiger partial charge in [-0.3, -0.25) is 0 Å². The van der Waals surface area contributed by atoms with Crippen molar-refractivity contribution in [3.63, 3.8) is 0 Å². The fourth-order valence-electron chi connectivity index (χ4n) is 2.12. The molecule has 0 radical (unpaired) electrons. The van der Waals surface area contributed by atoms with Crippen LogP contribution in [0.5, 0.6) is 5.75 Å². The lowest BCUT2D eigenvalue weighted by atomic mass is 10.2. The van der Waals surface area contributed by atoms with E-state index in [4.69, 9.17) is 4.74 Å². The summed E-state index contributed by atoms with van der Waals surface area (Å²) in [5, 5.41) is 3.34. The maximum absolute atomic E-state index is 12.4. The van der Waals surface area contributed by atoms with Crippen LogP contribution in [0.2, 0.25) is 0 Å². The minimum absolute atomic E-state index is 0.0979. The van der Waals surface area contributed by atoms with Crippen molar-refractivity contribution < 1.29 is 13.2 Å². The van der Waals surface area contributed by atoms with E-state index in [1.165, 1.54) is 0 Å². The molecular weight excluding hydrogens is 336 g/mol. The zero-order valence-corrected chi connectivity index (χ0v) is 16.2. The molecule has 0 spiro atoms. The summed E-state index contributed by atoms with van der Waals surface area (Å²) in [7, 11) is -3.43. The number of hydrogen-bond acceptors (Lipinski definition) is 5. The standard InChI is InChI=1S/C19H26N2O3S/c1-14(2)24-17-9-6-15(7-10-17)12-20-16-8-11-18(21-13-16)25(22,23)19(3,4)5/h6-11,13-14,20H,12H2,1-5H3. The van der Waals surface area contributed by atoms with E-state index < -0.39 is 14.6 Å². The minimum atomic E-state index is -3.43. The molecule has 0 bridgehead atoms. The average Bonchev–Trinajstić information content (AvgIpc) is 2.53. The molecule has 136 valence electrons. The van der Waals surface area contributed by atoms with Gasteiger partial charge in [0.05, 0.1) is 22.7 Å². The van der Waals surface area contributed by atoms with Gasteiger partial charge in [-0.15, -0.1) is 0 Å². The van der Waals surface area contributed by atoms with Crippen LogP contribution in [0.3, 0.4) is 0 Å². The van der Waals surface area contributed by atoms with Gasteiger partial charge in [0.2, 0.25) is 0 Å². The molecule has 0 unspecified atom stereocenters. The number of pyridine rings is 1. The van der Waals surface area contributed by atoms with Gasteiger partial charge in [0.15, 0.2) is 14.9 Å². The zero-order valence-electron chi connectivity index (χ0n) is 15.4. The van der Waals surface area contributed by atoms with Gasteiger partial charge in [0.25, 0.3) is 0 Å². The van der Waals surface area contributed by atoms with E-state index >= 15 is 0 Å². The first kappa shape index (κ1) is 19.2. The largest absolute Gasteiger partial charge is 0.491 e. The Hall–Kier alpha value is -2.08. The molecule has 2 aromatic rings. The highest BCUT2D eigenvalue weighted by Crippen LogP contribution is 2.24. The number of hydrogen-bond donors (Lipinski definition) is 1. The molecule has 0 saturated heterocycles. The number of rotatable bonds is 6. The lowest BCUT2D eigenvalue weighted by molar-refractivity contribution is 0.242. The molecule has 0 atom stereocenters. The van der Waals surface area contributed by atoms with Crippen LogP contribution in [0.25, 0.3) is 0 Å². The number of ether oxygens (including phenoxy) is 1. The van der Waals surface area contributed by atoms with Crippen molar-refractivity contribution in [3.8, 4) is 5.75 Å². The van der Waals surface area contributed by atoms with E-state index in [9.17, 15) is 8.42 Å². The van der Waals surface area contributed by atoms with Crippen LogP contribution in [0.1, 0.15) is 40.2 Å². The fourth-order valence-corrected chi connectivity index (χ4v) is 3.19. The fraction of sp³-hybridized carbons (Fsp3) is 0.421. The summed E-state index contributed by atoms with van der Waals surface area (Å²) in [6, 6.07) is 11.2. The second-order valence-electron chi connectivity index (χ2n) is 7.17. The number of anilines is 1. The highest BCUT2D eigenvalue weighted by Gasteiger charge is 2.31. The third kappa shape index (κ3) is 4.95. The Kier molecular flexibility index (Phi) is 5.72. The molecule has 1 N–H and O–H groups in total. The van der Waals surface area contributed by atoms with Crippen LogP contribution in [0.15, 0.2) is 47.6 Å². The second-order valence-corrected chi connectivity index (χ2v) is 9.81. The SMILES string of the molecule is CC(C)Oc1ccc(CNc2ccc(S(=O)(=O)C(C)(C)C)nc2)cc1. The van der Waals surface area contributed by atoms with Gasteiger partial charge >= 0.3 is 0 Å². The van der Waals surface area contributed by atoms with Crippen molar-refractivity contribution in [2.24, 2.45) is 0 Å².